The predicted octanol–water partition coefficient (Wildman–Crippen LogP) is 2.67. The number of fused-ring (bicyclic) bond motifs is 6. The first-order chi connectivity index (χ1) is 9.78. The third-order valence-corrected chi connectivity index (χ3v) is 10.6. The fourth-order valence-electron chi connectivity index (χ4n) is 3.58. The van der Waals surface area contributed by atoms with Crippen LogP contribution >= 0.6 is 6.49 Å². The molecule has 0 amide bonds. The molecule has 0 atom stereocenters. The quantitative estimate of drug-likeness (QED) is 0.735. The van der Waals surface area contributed by atoms with E-state index < -0.39 is 6.49 Å². The molecule has 3 heterocycles. The van der Waals surface area contributed by atoms with E-state index in [1.54, 1.807) is 0 Å². The topological polar surface area (TPSA) is 13.0 Å². The van der Waals surface area contributed by atoms with Gasteiger partial charge in [0, 0.05) is 57.4 Å². The van der Waals surface area contributed by atoms with Crippen LogP contribution < -0.4 is 0 Å². The fourth-order valence-corrected chi connectivity index (χ4v) is 9.75. The molecule has 0 saturated carbocycles. The number of hydrogen-bond donors (Lipinski definition) is 0. The van der Waals surface area contributed by atoms with E-state index in [9.17, 15) is 0 Å². The molecular formula is C15H33N4PS. The SMILES string of the molecule is CC(C)N1CCN2CCN(C(C)C)P1(=S)N(C(C)C)CC2. The van der Waals surface area contributed by atoms with Gasteiger partial charge in [-0.3, -0.25) is 4.90 Å². The van der Waals surface area contributed by atoms with E-state index in [1.807, 2.05) is 0 Å². The van der Waals surface area contributed by atoms with Crippen LogP contribution in [0.4, 0.5) is 0 Å². The zero-order valence-corrected chi connectivity index (χ0v) is 16.3. The fraction of sp³-hybridized carbons (Fsp3) is 1.00. The van der Waals surface area contributed by atoms with Gasteiger partial charge in [0.15, 0.2) is 0 Å². The molecular weight excluding hydrogens is 299 g/mol. The van der Waals surface area contributed by atoms with E-state index in [4.69, 9.17) is 11.8 Å². The number of nitrogens with zero attached hydrogens (tertiary/aromatic N) is 4. The minimum absolute atomic E-state index is 0.511. The van der Waals surface area contributed by atoms with Crippen LogP contribution in [0.2, 0.25) is 0 Å². The molecule has 3 rings (SSSR count). The number of hydrogen-bond acceptors (Lipinski definition) is 2. The highest BCUT2D eigenvalue weighted by Crippen LogP contribution is 2.60. The van der Waals surface area contributed by atoms with E-state index in [-0.39, 0.29) is 0 Å². The summed E-state index contributed by atoms with van der Waals surface area (Å²) in [5, 5.41) is 0. The first-order valence-electron chi connectivity index (χ1n) is 8.42. The third kappa shape index (κ3) is 3.39. The van der Waals surface area contributed by atoms with E-state index in [0.717, 1.165) is 19.6 Å². The first-order valence-corrected chi connectivity index (χ1v) is 11.1. The molecule has 0 aromatic rings. The normalized spacial score (nSPS) is 33.7. The maximum atomic E-state index is 6.49. The van der Waals surface area contributed by atoms with Crippen LogP contribution in [0.25, 0.3) is 0 Å². The maximum absolute atomic E-state index is 6.49. The Balaban J connectivity index is 2.52. The van der Waals surface area contributed by atoms with Crippen molar-refractivity contribution in [1.29, 1.82) is 0 Å². The van der Waals surface area contributed by atoms with Crippen molar-refractivity contribution in [2.45, 2.75) is 59.7 Å². The molecule has 3 fully saturated rings. The smallest absolute Gasteiger partial charge is 0.146 e. The van der Waals surface area contributed by atoms with Gasteiger partial charge >= 0.3 is 0 Å². The van der Waals surface area contributed by atoms with Gasteiger partial charge in [0.2, 0.25) is 0 Å². The standard InChI is InChI=1S/C15H33N4PS/c1-13(2)17-10-7-16-8-11-18(14(3)4)20(17,21)19(12-9-16)15(5)6/h13-15H,7-12H2,1-6H3. The van der Waals surface area contributed by atoms with E-state index in [0.29, 0.717) is 18.1 Å². The summed E-state index contributed by atoms with van der Waals surface area (Å²) in [6, 6.07) is 1.53. The van der Waals surface area contributed by atoms with Crippen molar-refractivity contribution >= 4 is 18.3 Å². The molecule has 0 N–H and O–H groups in total. The average Bonchev–Trinajstić information content (AvgIpc) is 2.31. The molecule has 0 spiro atoms. The summed E-state index contributed by atoms with van der Waals surface area (Å²) in [6.07, 6.45) is 0. The predicted molar refractivity (Wildman–Crippen MR) is 96.3 cm³/mol. The Morgan fingerprint density at radius 1 is 0.619 bits per heavy atom. The van der Waals surface area contributed by atoms with Crippen LogP contribution in [-0.4, -0.2) is 76.3 Å². The van der Waals surface area contributed by atoms with Crippen molar-refractivity contribution < 1.29 is 0 Å². The summed E-state index contributed by atoms with van der Waals surface area (Å²) in [4.78, 5) is 2.62. The zero-order valence-electron chi connectivity index (χ0n) is 14.6. The maximum Gasteiger partial charge on any atom is 0.146 e. The zero-order chi connectivity index (χ0) is 15.8. The lowest BCUT2D eigenvalue weighted by molar-refractivity contribution is 0.136. The minimum atomic E-state index is -1.84. The molecule has 3 saturated heterocycles. The van der Waals surface area contributed by atoms with Crippen molar-refractivity contribution in [2.24, 2.45) is 0 Å². The van der Waals surface area contributed by atoms with Crippen LogP contribution in [-0.2, 0) is 11.8 Å². The molecule has 0 aliphatic carbocycles. The van der Waals surface area contributed by atoms with Gasteiger partial charge in [-0.25, -0.2) is 14.0 Å². The van der Waals surface area contributed by atoms with Crippen molar-refractivity contribution in [2.75, 3.05) is 39.3 Å². The molecule has 3 aliphatic rings. The van der Waals surface area contributed by atoms with Crippen LogP contribution in [0.1, 0.15) is 41.5 Å². The Kier molecular flexibility index (Phi) is 5.89. The van der Waals surface area contributed by atoms with Crippen LogP contribution in [0.15, 0.2) is 0 Å². The van der Waals surface area contributed by atoms with E-state index in [2.05, 4.69) is 60.5 Å². The van der Waals surface area contributed by atoms with Gasteiger partial charge in [0.05, 0.1) is 0 Å². The lowest BCUT2D eigenvalue weighted by atomic mass is 10.3. The molecule has 124 valence electrons. The Labute approximate surface area is 136 Å². The summed E-state index contributed by atoms with van der Waals surface area (Å²) in [5.74, 6) is 0. The molecule has 0 radical (unpaired) electrons. The van der Waals surface area contributed by atoms with Gasteiger partial charge in [-0.15, -0.1) is 0 Å². The molecule has 0 aromatic carbocycles. The molecule has 6 heteroatoms. The van der Waals surface area contributed by atoms with Gasteiger partial charge in [-0.1, -0.05) is 0 Å². The Morgan fingerprint density at radius 3 is 1.14 bits per heavy atom. The minimum Gasteiger partial charge on any atom is -0.299 e. The molecule has 4 nitrogen and oxygen atoms in total. The van der Waals surface area contributed by atoms with Gasteiger partial charge in [-0.05, 0) is 53.3 Å². The molecule has 3 aliphatic heterocycles. The Bertz CT molecular complexity index is 342. The van der Waals surface area contributed by atoms with Crippen LogP contribution in [0, 0.1) is 0 Å². The highest BCUT2D eigenvalue weighted by atomic mass is 32.4. The van der Waals surface area contributed by atoms with Gasteiger partial charge in [-0.2, -0.15) is 0 Å². The van der Waals surface area contributed by atoms with Gasteiger partial charge in [0.1, 0.15) is 6.49 Å². The largest absolute Gasteiger partial charge is 0.299 e. The van der Waals surface area contributed by atoms with Gasteiger partial charge in [0.25, 0.3) is 0 Å². The Morgan fingerprint density at radius 2 is 0.905 bits per heavy atom. The van der Waals surface area contributed by atoms with Crippen molar-refractivity contribution in [3.63, 3.8) is 0 Å². The second-order valence-electron chi connectivity index (χ2n) is 7.13. The molecule has 2 bridgehead atoms. The third-order valence-electron chi connectivity index (χ3n) is 4.73. The second kappa shape index (κ2) is 6.94. The number of rotatable bonds is 3. The highest BCUT2D eigenvalue weighted by molar-refractivity contribution is 8.11. The van der Waals surface area contributed by atoms with Crippen LogP contribution in [0.3, 0.4) is 0 Å². The average molecular weight is 332 g/mol. The summed E-state index contributed by atoms with van der Waals surface area (Å²) < 4.78 is 7.94. The second-order valence-corrected chi connectivity index (χ2v) is 11.2. The molecule has 21 heavy (non-hydrogen) atoms. The van der Waals surface area contributed by atoms with Crippen molar-refractivity contribution in [1.82, 2.24) is 18.9 Å². The van der Waals surface area contributed by atoms with Gasteiger partial charge < -0.3 is 0 Å². The van der Waals surface area contributed by atoms with Crippen molar-refractivity contribution in [3.05, 3.63) is 0 Å². The summed E-state index contributed by atoms with van der Waals surface area (Å²) in [5.41, 5.74) is 0. The van der Waals surface area contributed by atoms with Crippen LogP contribution in [0.5, 0.6) is 0 Å². The van der Waals surface area contributed by atoms with E-state index >= 15 is 0 Å². The lowest BCUT2D eigenvalue weighted by Crippen LogP contribution is -2.57. The van der Waals surface area contributed by atoms with E-state index in [1.165, 1.54) is 19.6 Å². The lowest BCUT2D eigenvalue weighted by Gasteiger charge is -2.56. The Hall–Kier alpha value is 0.490. The summed E-state index contributed by atoms with van der Waals surface area (Å²) in [6.45, 7) is 18.9. The monoisotopic (exact) mass is 332 g/mol. The van der Waals surface area contributed by atoms with Crippen molar-refractivity contribution in [3.8, 4) is 0 Å². The summed E-state index contributed by atoms with van der Waals surface area (Å²) >= 11 is 6.49. The summed E-state index contributed by atoms with van der Waals surface area (Å²) in [7, 11) is 0. The molecule has 0 aromatic heterocycles. The highest BCUT2D eigenvalue weighted by Gasteiger charge is 2.44. The first kappa shape index (κ1) is 17.8. The molecule has 0 unspecified atom stereocenters.